The lowest BCUT2D eigenvalue weighted by Crippen LogP contribution is -2.18. The molecule has 1 aromatic carbocycles. The van der Waals surface area contributed by atoms with E-state index in [0.717, 1.165) is 17.8 Å². The third-order valence-electron chi connectivity index (χ3n) is 2.06. The molecule has 0 unspecified atom stereocenters. The van der Waals surface area contributed by atoms with Crippen molar-refractivity contribution >= 4 is 5.69 Å². The fourth-order valence-electron chi connectivity index (χ4n) is 1.20. The van der Waals surface area contributed by atoms with Crippen LogP contribution < -0.4 is 5.32 Å². The minimum absolute atomic E-state index is 0.283. The van der Waals surface area contributed by atoms with Gasteiger partial charge in [-0.05, 0) is 23.1 Å². The van der Waals surface area contributed by atoms with Crippen molar-refractivity contribution in [2.45, 2.75) is 27.2 Å². The normalized spacial score (nSPS) is 10.8. The second-order valence-corrected chi connectivity index (χ2v) is 4.95. The standard InChI is InChI=1S/C13H18N2/c1-13(2,3)10-15-12-6-4-11(5-7-12)8-9-14/h4-7,15H,8,10H2,1-3H3. The first-order valence-corrected chi connectivity index (χ1v) is 5.21. The summed E-state index contributed by atoms with van der Waals surface area (Å²) in [5.41, 5.74) is 2.47. The van der Waals surface area contributed by atoms with Gasteiger partial charge in [-0.15, -0.1) is 0 Å². The third kappa shape index (κ3) is 4.51. The SMILES string of the molecule is CC(C)(C)CNc1ccc(CC#N)cc1. The first-order chi connectivity index (χ1) is 7.01. The van der Waals surface area contributed by atoms with Crippen LogP contribution in [-0.2, 0) is 6.42 Å². The largest absolute Gasteiger partial charge is 0.385 e. The van der Waals surface area contributed by atoms with Crippen LogP contribution in [0, 0.1) is 16.7 Å². The molecule has 0 aliphatic carbocycles. The number of rotatable bonds is 3. The van der Waals surface area contributed by atoms with Crippen molar-refractivity contribution in [2.24, 2.45) is 5.41 Å². The van der Waals surface area contributed by atoms with Gasteiger partial charge in [-0.25, -0.2) is 0 Å². The van der Waals surface area contributed by atoms with Gasteiger partial charge in [-0.2, -0.15) is 5.26 Å². The van der Waals surface area contributed by atoms with E-state index in [2.05, 4.69) is 32.2 Å². The minimum Gasteiger partial charge on any atom is -0.385 e. The summed E-state index contributed by atoms with van der Waals surface area (Å²) >= 11 is 0. The van der Waals surface area contributed by atoms with Crippen LogP contribution in [0.5, 0.6) is 0 Å². The Kier molecular flexibility index (Phi) is 3.74. The molecule has 0 saturated heterocycles. The molecule has 1 N–H and O–H groups in total. The van der Waals surface area contributed by atoms with Crippen LogP contribution in [0.4, 0.5) is 5.69 Å². The van der Waals surface area contributed by atoms with Crippen LogP contribution >= 0.6 is 0 Å². The number of hydrogen-bond donors (Lipinski definition) is 1. The molecule has 0 atom stereocenters. The Hall–Kier alpha value is -1.49. The van der Waals surface area contributed by atoms with Gasteiger partial charge < -0.3 is 5.32 Å². The highest BCUT2D eigenvalue weighted by molar-refractivity contribution is 5.45. The lowest BCUT2D eigenvalue weighted by molar-refractivity contribution is 0.443. The van der Waals surface area contributed by atoms with Gasteiger partial charge in [-0.3, -0.25) is 0 Å². The maximum Gasteiger partial charge on any atom is 0.0669 e. The summed E-state index contributed by atoms with van der Waals surface area (Å²) in [6, 6.07) is 10.2. The van der Waals surface area contributed by atoms with Gasteiger partial charge in [0.1, 0.15) is 0 Å². The van der Waals surface area contributed by atoms with E-state index < -0.39 is 0 Å². The summed E-state index contributed by atoms with van der Waals surface area (Å²) in [7, 11) is 0. The molecule has 0 aliphatic heterocycles. The van der Waals surface area contributed by atoms with E-state index in [4.69, 9.17) is 5.26 Å². The summed E-state index contributed by atoms with van der Waals surface area (Å²) in [4.78, 5) is 0. The van der Waals surface area contributed by atoms with Crippen molar-refractivity contribution < 1.29 is 0 Å². The number of benzene rings is 1. The molecule has 1 rings (SSSR count). The molecule has 1 aromatic rings. The molecule has 0 fully saturated rings. The molecule has 2 nitrogen and oxygen atoms in total. The summed E-state index contributed by atoms with van der Waals surface area (Å²) in [6.07, 6.45) is 0.486. The first-order valence-electron chi connectivity index (χ1n) is 5.21. The van der Waals surface area contributed by atoms with Crippen molar-refractivity contribution in [1.29, 1.82) is 5.26 Å². The molecule has 0 aliphatic rings. The van der Waals surface area contributed by atoms with Crippen molar-refractivity contribution in [2.75, 3.05) is 11.9 Å². The molecule has 0 radical (unpaired) electrons. The van der Waals surface area contributed by atoms with Gasteiger partial charge in [-0.1, -0.05) is 32.9 Å². The average molecular weight is 202 g/mol. The zero-order chi connectivity index (χ0) is 11.3. The Labute approximate surface area is 91.9 Å². The quantitative estimate of drug-likeness (QED) is 0.817. The van der Waals surface area contributed by atoms with Gasteiger partial charge in [0.15, 0.2) is 0 Å². The predicted molar refractivity (Wildman–Crippen MR) is 63.7 cm³/mol. The van der Waals surface area contributed by atoms with Crippen molar-refractivity contribution in [1.82, 2.24) is 0 Å². The molecule has 0 heterocycles. The maximum atomic E-state index is 8.53. The minimum atomic E-state index is 0.283. The monoisotopic (exact) mass is 202 g/mol. The van der Waals surface area contributed by atoms with Gasteiger partial charge >= 0.3 is 0 Å². The number of nitriles is 1. The van der Waals surface area contributed by atoms with E-state index in [1.54, 1.807) is 0 Å². The van der Waals surface area contributed by atoms with Crippen LogP contribution in [-0.4, -0.2) is 6.54 Å². The molecule has 15 heavy (non-hydrogen) atoms. The summed E-state index contributed by atoms with van der Waals surface area (Å²) in [5, 5.41) is 11.9. The molecular formula is C13H18N2. The Bertz CT molecular complexity index is 338. The van der Waals surface area contributed by atoms with Crippen LogP contribution in [0.15, 0.2) is 24.3 Å². The fraction of sp³-hybridized carbons (Fsp3) is 0.462. The average Bonchev–Trinajstić information content (AvgIpc) is 2.16. The Morgan fingerprint density at radius 2 is 1.80 bits per heavy atom. The molecule has 0 saturated carbocycles. The Morgan fingerprint density at radius 3 is 2.27 bits per heavy atom. The fourth-order valence-corrected chi connectivity index (χ4v) is 1.20. The topological polar surface area (TPSA) is 35.8 Å². The molecule has 0 bridgehead atoms. The van der Waals surface area contributed by atoms with E-state index in [-0.39, 0.29) is 5.41 Å². The lowest BCUT2D eigenvalue weighted by Gasteiger charge is -2.19. The summed E-state index contributed by atoms with van der Waals surface area (Å²) in [6.45, 7) is 7.54. The summed E-state index contributed by atoms with van der Waals surface area (Å²) in [5.74, 6) is 0. The molecule has 80 valence electrons. The predicted octanol–water partition coefficient (Wildman–Crippen LogP) is 3.21. The van der Waals surface area contributed by atoms with Crippen molar-refractivity contribution in [3.63, 3.8) is 0 Å². The lowest BCUT2D eigenvalue weighted by atomic mass is 9.97. The number of nitrogens with zero attached hydrogens (tertiary/aromatic N) is 1. The Morgan fingerprint density at radius 1 is 1.20 bits per heavy atom. The zero-order valence-corrected chi connectivity index (χ0v) is 9.67. The highest BCUT2D eigenvalue weighted by Gasteiger charge is 2.08. The third-order valence-corrected chi connectivity index (χ3v) is 2.06. The highest BCUT2D eigenvalue weighted by atomic mass is 14.9. The van der Waals surface area contributed by atoms with Gasteiger partial charge in [0.05, 0.1) is 12.5 Å². The zero-order valence-electron chi connectivity index (χ0n) is 9.67. The van der Waals surface area contributed by atoms with Crippen molar-refractivity contribution in [3.8, 4) is 6.07 Å². The molecule has 2 heteroatoms. The highest BCUT2D eigenvalue weighted by Crippen LogP contribution is 2.16. The number of nitrogens with one attached hydrogen (secondary N) is 1. The number of anilines is 1. The maximum absolute atomic E-state index is 8.53. The van der Waals surface area contributed by atoms with Crippen LogP contribution in [0.1, 0.15) is 26.3 Å². The van der Waals surface area contributed by atoms with E-state index in [0.29, 0.717) is 6.42 Å². The van der Waals surface area contributed by atoms with Crippen LogP contribution in [0.25, 0.3) is 0 Å². The van der Waals surface area contributed by atoms with Gasteiger partial charge in [0.25, 0.3) is 0 Å². The molecule has 0 amide bonds. The number of hydrogen-bond acceptors (Lipinski definition) is 2. The summed E-state index contributed by atoms with van der Waals surface area (Å²) < 4.78 is 0. The van der Waals surface area contributed by atoms with E-state index in [1.807, 2.05) is 24.3 Å². The van der Waals surface area contributed by atoms with E-state index in [9.17, 15) is 0 Å². The first kappa shape index (κ1) is 11.6. The van der Waals surface area contributed by atoms with E-state index in [1.165, 1.54) is 0 Å². The molecule has 0 spiro atoms. The smallest absolute Gasteiger partial charge is 0.0669 e. The molecular weight excluding hydrogens is 184 g/mol. The van der Waals surface area contributed by atoms with Crippen molar-refractivity contribution in [3.05, 3.63) is 29.8 Å². The van der Waals surface area contributed by atoms with E-state index >= 15 is 0 Å². The van der Waals surface area contributed by atoms with Gasteiger partial charge in [0.2, 0.25) is 0 Å². The second-order valence-electron chi connectivity index (χ2n) is 4.95. The van der Waals surface area contributed by atoms with Crippen LogP contribution in [0.2, 0.25) is 0 Å². The second kappa shape index (κ2) is 4.84. The Balaban J connectivity index is 2.54. The molecule has 0 aromatic heterocycles. The van der Waals surface area contributed by atoms with Gasteiger partial charge in [0, 0.05) is 12.2 Å². The van der Waals surface area contributed by atoms with Crippen LogP contribution in [0.3, 0.4) is 0 Å².